The molecule has 3 aliphatic rings. The highest BCUT2D eigenvalue weighted by molar-refractivity contribution is 6.03. The van der Waals surface area contributed by atoms with Crippen LogP contribution in [0.15, 0.2) is 43.1 Å². The van der Waals surface area contributed by atoms with Gasteiger partial charge >= 0.3 is 6.01 Å². The molecule has 2 aromatic carbocycles. The lowest BCUT2D eigenvalue weighted by Crippen LogP contribution is -2.51. The van der Waals surface area contributed by atoms with Gasteiger partial charge in [-0.2, -0.15) is 9.97 Å². The summed E-state index contributed by atoms with van der Waals surface area (Å²) in [5, 5.41) is 14.8. The first kappa shape index (κ1) is 37.4. The molecule has 4 aromatic rings. The average Bonchev–Trinajstić information content (AvgIpc) is 3.76. The second-order valence-electron chi connectivity index (χ2n) is 15.1. The number of ether oxygens (including phenoxy) is 2. The number of likely N-dealkylation sites (tertiary alicyclic amines) is 1. The molecule has 1 aliphatic carbocycles. The molecule has 4 heterocycles. The topological polar surface area (TPSA) is 113 Å². The molecule has 2 aliphatic heterocycles. The van der Waals surface area contributed by atoms with E-state index < -0.39 is 28.9 Å². The fourth-order valence-corrected chi connectivity index (χ4v) is 8.50. The summed E-state index contributed by atoms with van der Waals surface area (Å²) in [5.41, 5.74) is -1.60. The van der Waals surface area contributed by atoms with Crippen LogP contribution in [0.2, 0.25) is 0 Å². The minimum absolute atomic E-state index is 0.0453. The monoisotopic (exact) mass is 742 g/mol. The van der Waals surface area contributed by atoms with Gasteiger partial charge in [0.05, 0.1) is 22.0 Å². The molecule has 2 atom stereocenters. The number of carbonyl (C=O) groups excluding carboxylic acids is 1. The van der Waals surface area contributed by atoms with Gasteiger partial charge in [-0.25, -0.2) is 13.2 Å². The third-order valence-corrected chi connectivity index (χ3v) is 11.6. The van der Waals surface area contributed by atoms with Crippen LogP contribution in [-0.4, -0.2) is 99.5 Å². The minimum Gasteiger partial charge on any atom is -0.508 e. The molecule has 1 amide bonds. The molecule has 0 spiro atoms. The third-order valence-electron chi connectivity index (χ3n) is 11.6. The molecule has 2 saturated heterocycles. The van der Waals surface area contributed by atoms with E-state index >= 15 is 8.78 Å². The van der Waals surface area contributed by atoms with E-state index in [0.717, 1.165) is 38.5 Å². The van der Waals surface area contributed by atoms with Gasteiger partial charge in [-0.15, -0.1) is 6.42 Å². The van der Waals surface area contributed by atoms with Crippen LogP contribution in [0.4, 0.5) is 19.0 Å². The summed E-state index contributed by atoms with van der Waals surface area (Å²) in [4.78, 5) is 30.3. The van der Waals surface area contributed by atoms with Crippen molar-refractivity contribution >= 4 is 33.4 Å². The van der Waals surface area contributed by atoms with Crippen molar-refractivity contribution in [2.24, 2.45) is 5.92 Å². The number of terminal acetylenes is 1. The Kier molecular flexibility index (Phi) is 10.4. The molecule has 7 rings (SSSR count). The highest BCUT2D eigenvalue weighted by atomic mass is 19.1. The number of phenolic OH excluding ortho intramolecular Hbond substituents is 1. The normalized spacial score (nSPS) is 21.7. The van der Waals surface area contributed by atoms with Gasteiger partial charge in [-0.1, -0.05) is 31.4 Å². The number of amides is 1. The van der Waals surface area contributed by atoms with Crippen molar-refractivity contribution in [3.05, 3.63) is 60.3 Å². The predicted octanol–water partition coefficient (Wildman–Crippen LogP) is 6.79. The lowest BCUT2D eigenvalue weighted by atomic mass is 9.95. The quantitative estimate of drug-likeness (QED) is 0.127. The van der Waals surface area contributed by atoms with E-state index in [4.69, 9.17) is 20.9 Å². The molecule has 284 valence electrons. The summed E-state index contributed by atoms with van der Waals surface area (Å²) in [5.74, 6) is 1.02. The van der Waals surface area contributed by atoms with Crippen LogP contribution in [-0.2, 0) is 9.53 Å². The van der Waals surface area contributed by atoms with Gasteiger partial charge in [0, 0.05) is 63.5 Å². The molecule has 1 saturated carbocycles. The third kappa shape index (κ3) is 7.05. The summed E-state index contributed by atoms with van der Waals surface area (Å²) in [6, 6.07) is 5.21. The number of alkyl halides is 1. The van der Waals surface area contributed by atoms with Crippen LogP contribution in [0, 0.1) is 29.9 Å². The van der Waals surface area contributed by atoms with Gasteiger partial charge in [0.2, 0.25) is 5.91 Å². The maximum absolute atomic E-state index is 17.0. The Morgan fingerprint density at radius 2 is 2.00 bits per heavy atom. The number of anilines is 1. The SMILES string of the molecule is C#Cc1c(F)ccc2cc(O)cc(-c3ncc4c(NCC5(N(C)C(=O)C=C)CCCC5)nc(OC[C@]5(C)C[C@@H](F)CN5CC5CCOCC5)nc4c3F)c12. The second kappa shape index (κ2) is 15.1. The first-order valence-corrected chi connectivity index (χ1v) is 18.5. The van der Waals surface area contributed by atoms with E-state index in [9.17, 15) is 14.3 Å². The van der Waals surface area contributed by atoms with E-state index in [1.54, 1.807) is 11.9 Å². The van der Waals surface area contributed by atoms with Crippen LogP contribution in [0.5, 0.6) is 11.8 Å². The molecule has 2 N–H and O–H groups in total. The van der Waals surface area contributed by atoms with Crippen LogP contribution in [0.25, 0.3) is 32.9 Å². The minimum atomic E-state index is -1.04. The highest BCUT2D eigenvalue weighted by Crippen LogP contribution is 2.40. The molecular formula is C41H45F3N6O4. The van der Waals surface area contributed by atoms with Crippen LogP contribution < -0.4 is 10.1 Å². The number of carbonyl (C=O) groups is 1. The first-order valence-electron chi connectivity index (χ1n) is 18.5. The second-order valence-corrected chi connectivity index (χ2v) is 15.1. The van der Waals surface area contributed by atoms with E-state index in [1.807, 2.05) is 6.92 Å². The zero-order valence-corrected chi connectivity index (χ0v) is 30.6. The molecule has 54 heavy (non-hydrogen) atoms. The molecule has 13 heteroatoms. The molecule has 0 bridgehead atoms. The zero-order valence-electron chi connectivity index (χ0n) is 30.6. The van der Waals surface area contributed by atoms with Crippen molar-refractivity contribution in [1.82, 2.24) is 24.8 Å². The van der Waals surface area contributed by atoms with E-state index in [-0.39, 0.29) is 76.2 Å². The maximum Gasteiger partial charge on any atom is 0.319 e. The lowest BCUT2D eigenvalue weighted by molar-refractivity contribution is -0.129. The van der Waals surface area contributed by atoms with Crippen LogP contribution in [0.1, 0.15) is 57.4 Å². The number of nitrogens with zero attached hydrogens (tertiary/aromatic N) is 5. The number of benzene rings is 2. The Morgan fingerprint density at radius 3 is 2.72 bits per heavy atom. The van der Waals surface area contributed by atoms with Gasteiger partial charge in [-0.05, 0) is 68.2 Å². The van der Waals surface area contributed by atoms with E-state index in [2.05, 4.69) is 32.7 Å². The number of hydrogen-bond donors (Lipinski definition) is 2. The van der Waals surface area contributed by atoms with E-state index in [0.29, 0.717) is 37.6 Å². The van der Waals surface area contributed by atoms with Crippen molar-refractivity contribution in [3.8, 4) is 35.4 Å². The molecule has 0 radical (unpaired) electrons. The number of rotatable bonds is 11. The maximum atomic E-state index is 17.0. The number of halogens is 3. The van der Waals surface area contributed by atoms with Gasteiger partial charge in [0.25, 0.3) is 0 Å². The molecule has 3 fully saturated rings. The van der Waals surface area contributed by atoms with E-state index in [1.165, 1.54) is 36.5 Å². The fourth-order valence-electron chi connectivity index (χ4n) is 8.50. The number of fused-ring (bicyclic) bond motifs is 2. The summed E-state index contributed by atoms with van der Waals surface area (Å²) in [6.07, 6.45) is 12.7. The average molecular weight is 743 g/mol. The van der Waals surface area contributed by atoms with Crippen molar-refractivity contribution < 1.29 is 32.5 Å². The largest absolute Gasteiger partial charge is 0.508 e. The van der Waals surface area contributed by atoms with Gasteiger partial charge in [0.1, 0.15) is 41.4 Å². The predicted molar refractivity (Wildman–Crippen MR) is 201 cm³/mol. The van der Waals surface area contributed by atoms with Crippen molar-refractivity contribution in [2.45, 2.75) is 69.1 Å². The number of likely N-dealkylation sites (N-methyl/N-ethyl adjacent to an activating group) is 1. The summed E-state index contributed by atoms with van der Waals surface area (Å²) < 4.78 is 58.8. The number of hydrogen-bond acceptors (Lipinski definition) is 9. The van der Waals surface area contributed by atoms with Crippen LogP contribution in [0.3, 0.4) is 0 Å². The fraction of sp³-hybridized carbons (Fsp3) is 0.463. The van der Waals surface area contributed by atoms with Crippen molar-refractivity contribution in [1.29, 1.82) is 0 Å². The highest BCUT2D eigenvalue weighted by Gasteiger charge is 2.44. The van der Waals surface area contributed by atoms with Crippen molar-refractivity contribution in [2.75, 3.05) is 51.8 Å². The molecule has 0 unspecified atom stereocenters. The molecular weight excluding hydrogens is 697 g/mol. The molecule has 2 aromatic heterocycles. The Balaban J connectivity index is 1.30. The summed E-state index contributed by atoms with van der Waals surface area (Å²) in [6.45, 7) is 8.31. The standard InChI is InChI=1S/C41H45F3N6O4/c1-5-29-32(43)10-9-26-17-28(51)18-30(34(26)29)36-35(44)37-31(20-45-36)38(46-23-41(13-7-8-14-41)49(4)33(52)6-2)48-39(47-37)54-24-40(3)19-27(42)22-50(40)21-25-11-15-53-16-12-25/h1,6,9-10,17-18,20,25,27,51H,2,7-8,11-16,19,21-24H2,3-4H3,(H,46,47,48)/t27-,40+/m1/s1. The Morgan fingerprint density at radius 1 is 1.24 bits per heavy atom. The Hall–Kier alpha value is -4.93. The first-order chi connectivity index (χ1) is 25.9. The summed E-state index contributed by atoms with van der Waals surface area (Å²) in [7, 11) is 1.75. The molecule has 10 nitrogen and oxygen atoms in total. The number of phenols is 1. The number of pyridine rings is 1. The Bertz CT molecular complexity index is 2130. The van der Waals surface area contributed by atoms with Gasteiger partial charge < -0.3 is 24.8 Å². The number of aromatic nitrogens is 3. The lowest BCUT2D eigenvalue weighted by Gasteiger charge is -2.39. The number of nitrogens with one attached hydrogen (secondary N) is 1. The summed E-state index contributed by atoms with van der Waals surface area (Å²) >= 11 is 0. The zero-order chi connectivity index (χ0) is 38.2. The smallest absolute Gasteiger partial charge is 0.319 e. The van der Waals surface area contributed by atoms with Gasteiger partial charge in [-0.3, -0.25) is 14.7 Å². The van der Waals surface area contributed by atoms with Crippen LogP contribution >= 0.6 is 0 Å². The Labute approximate surface area is 312 Å². The van der Waals surface area contributed by atoms with Gasteiger partial charge in [0.15, 0.2) is 5.82 Å². The number of aromatic hydroxyl groups is 1. The van der Waals surface area contributed by atoms with Crippen molar-refractivity contribution in [3.63, 3.8) is 0 Å².